The zero-order valence-electron chi connectivity index (χ0n) is 13.9. The van der Waals surface area contributed by atoms with Gasteiger partial charge in [-0.2, -0.15) is 14.6 Å². The zero-order valence-corrected chi connectivity index (χ0v) is 13.9. The molecule has 0 radical (unpaired) electrons. The zero-order chi connectivity index (χ0) is 16.7. The predicted octanol–water partition coefficient (Wildman–Crippen LogP) is 1.05. The summed E-state index contributed by atoms with van der Waals surface area (Å²) in [7, 11) is 3.12. The summed E-state index contributed by atoms with van der Waals surface area (Å²) in [5.41, 5.74) is 0.406. The molecule has 0 aromatic carbocycles. The number of nitrogens with zero attached hydrogens (tertiary/aromatic N) is 5. The van der Waals surface area contributed by atoms with Crippen LogP contribution in [0.15, 0.2) is 12.4 Å². The summed E-state index contributed by atoms with van der Waals surface area (Å²) in [5.74, 6) is 1.68. The number of aromatic nitrogens is 4. The van der Waals surface area contributed by atoms with Crippen molar-refractivity contribution in [2.24, 2.45) is 11.3 Å². The van der Waals surface area contributed by atoms with Gasteiger partial charge in [-0.15, -0.1) is 0 Å². The second kappa shape index (κ2) is 5.70. The highest BCUT2D eigenvalue weighted by Gasteiger charge is 2.55. The van der Waals surface area contributed by atoms with Gasteiger partial charge in [-0.25, -0.2) is 4.98 Å². The van der Waals surface area contributed by atoms with Crippen LogP contribution in [0.25, 0.3) is 5.78 Å². The monoisotopic (exact) mass is 331 g/mol. The lowest BCUT2D eigenvalue weighted by Gasteiger charge is -2.26. The van der Waals surface area contributed by atoms with Gasteiger partial charge in [-0.3, -0.25) is 4.79 Å². The molecule has 2 unspecified atom stereocenters. The second-order valence-electron chi connectivity index (χ2n) is 6.63. The number of anilines is 1. The summed E-state index contributed by atoms with van der Waals surface area (Å²) in [4.78, 5) is 23.3. The molecule has 1 saturated heterocycles. The molecule has 1 aliphatic heterocycles. The van der Waals surface area contributed by atoms with Gasteiger partial charge in [0.05, 0.1) is 24.8 Å². The molecule has 2 atom stereocenters. The van der Waals surface area contributed by atoms with Gasteiger partial charge < -0.3 is 14.4 Å². The Bertz CT molecular complexity index is 776. The number of hydrogen-bond acceptors (Lipinski definition) is 7. The van der Waals surface area contributed by atoms with E-state index in [0.717, 1.165) is 37.3 Å². The van der Waals surface area contributed by atoms with Crippen LogP contribution in [0.2, 0.25) is 0 Å². The Morgan fingerprint density at radius 2 is 2.33 bits per heavy atom. The Labute approximate surface area is 139 Å². The van der Waals surface area contributed by atoms with E-state index in [2.05, 4.69) is 20.0 Å². The van der Waals surface area contributed by atoms with E-state index in [1.807, 2.05) is 6.07 Å². The topological polar surface area (TPSA) is 81.8 Å². The third-order valence-electron chi connectivity index (χ3n) is 5.36. The van der Waals surface area contributed by atoms with Crippen LogP contribution in [-0.2, 0) is 20.9 Å². The number of fused-ring (bicyclic) bond motifs is 2. The fraction of sp³-hybridized carbons (Fsp3) is 0.625. The number of carbonyl (C=O) groups is 1. The Kier molecular flexibility index (Phi) is 3.64. The van der Waals surface area contributed by atoms with E-state index in [-0.39, 0.29) is 5.97 Å². The molecule has 128 valence electrons. The van der Waals surface area contributed by atoms with E-state index in [0.29, 0.717) is 24.8 Å². The fourth-order valence-electron chi connectivity index (χ4n) is 4.29. The minimum Gasteiger partial charge on any atom is -0.469 e. The lowest BCUT2D eigenvalue weighted by molar-refractivity contribution is -0.152. The highest BCUT2D eigenvalue weighted by Crippen LogP contribution is 2.50. The number of methoxy groups -OCH3 is 2. The van der Waals surface area contributed by atoms with Crippen LogP contribution in [0.3, 0.4) is 0 Å². The van der Waals surface area contributed by atoms with Crippen molar-refractivity contribution in [3.63, 3.8) is 0 Å². The molecule has 2 aromatic rings. The molecule has 2 aromatic heterocycles. The predicted molar refractivity (Wildman–Crippen MR) is 85.5 cm³/mol. The van der Waals surface area contributed by atoms with Crippen molar-refractivity contribution in [1.29, 1.82) is 0 Å². The number of ether oxygens (including phenoxy) is 2. The Morgan fingerprint density at radius 3 is 3.12 bits per heavy atom. The smallest absolute Gasteiger partial charge is 0.313 e. The van der Waals surface area contributed by atoms with E-state index in [1.165, 1.54) is 13.4 Å². The van der Waals surface area contributed by atoms with Crippen molar-refractivity contribution in [2.45, 2.75) is 25.9 Å². The highest BCUT2D eigenvalue weighted by molar-refractivity contribution is 5.79. The van der Waals surface area contributed by atoms with Crippen LogP contribution < -0.4 is 4.90 Å². The fourth-order valence-corrected chi connectivity index (χ4v) is 4.29. The van der Waals surface area contributed by atoms with Crippen molar-refractivity contribution in [1.82, 2.24) is 19.6 Å². The van der Waals surface area contributed by atoms with Crippen molar-refractivity contribution in [3.05, 3.63) is 18.1 Å². The molecular formula is C16H21N5O3. The van der Waals surface area contributed by atoms with Crippen molar-refractivity contribution in [3.8, 4) is 0 Å². The van der Waals surface area contributed by atoms with E-state index in [9.17, 15) is 4.79 Å². The summed E-state index contributed by atoms with van der Waals surface area (Å²) in [6, 6.07) is 1.97. The van der Waals surface area contributed by atoms with Crippen LogP contribution in [0, 0.1) is 11.3 Å². The second-order valence-corrected chi connectivity index (χ2v) is 6.63. The maximum absolute atomic E-state index is 12.5. The first kappa shape index (κ1) is 15.3. The maximum atomic E-state index is 12.5. The SMILES string of the molecule is COCc1cc(N2CC3CCCC3(C(=O)OC)C2)n2ncnc2n1. The molecule has 8 nitrogen and oxygen atoms in total. The molecule has 2 fully saturated rings. The van der Waals surface area contributed by atoms with Gasteiger partial charge in [0.15, 0.2) is 0 Å². The summed E-state index contributed by atoms with van der Waals surface area (Å²) in [5, 5.41) is 4.29. The number of esters is 1. The van der Waals surface area contributed by atoms with Crippen molar-refractivity contribution in [2.75, 3.05) is 32.2 Å². The first-order valence-electron chi connectivity index (χ1n) is 8.20. The van der Waals surface area contributed by atoms with Crippen LogP contribution in [0.5, 0.6) is 0 Å². The first-order valence-corrected chi connectivity index (χ1v) is 8.20. The number of rotatable bonds is 4. The summed E-state index contributed by atoms with van der Waals surface area (Å²) in [6.45, 7) is 1.88. The average Bonchev–Trinajstić information content (AvgIpc) is 3.27. The molecule has 0 bridgehead atoms. The molecule has 1 aliphatic carbocycles. The highest BCUT2D eigenvalue weighted by atomic mass is 16.5. The normalized spacial score (nSPS) is 26.1. The Hall–Kier alpha value is -2.22. The molecule has 8 heteroatoms. The minimum absolute atomic E-state index is 0.0893. The average molecular weight is 331 g/mol. The van der Waals surface area contributed by atoms with E-state index in [1.54, 1.807) is 11.6 Å². The van der Waals surface area contributed by atoms with Gasteiger partial charge in [0.2, 0.25) is 0 Å². The largest absolute Gasteiger partial charge is 0.469 e. The molecule has 2 aliphatic rings. The maximum Gasteiger partial charge on any atom is 0.313 e. The molecule has 0 amide bonds. The molecule has 4 rings (SSSR count). The Balaban J connectivity index is 1.73. The number of carbonyl (C=O) groups excluding carboxylic acids is 1. The van der Waals surface area contributed by atoms with Gasteiger partial charge in [-0.05, 0) is 18.8 Å². The molecule has 0 N–H and O–H groups in total. The lowest BCUT2D eigenvalue weighted by Crippen LogP contribution is -2.37. The minimum atomic E-state index is -0.396. The van der Waals surface area contributed by atoms with Crippen molar-refractivity contribution < 1.29 is 14.3 Å². The quantitative estimate of drug-likeness (QED) is 0.775. The van der Waals surface area contributed by atoms with Crippen LogP contribution in [0.1, 0.15) is 25.0 Å². The molecule has 3 heterocycles. The summed E-state index contributed by atoms with van der Waals surface area (Å²) >= 11 is 0. The summed E-state index contributed by atoms with van der Waals surface area (Å²) in [6.07, 6.45) is 4.52. The van der Waals surface area contributed by atoms with Gasteiger partial charge in [-0.1, -0.05) is 6.42 Å². The standard InChI is InChI=1S/C16H21N5O3/c1-23-8-12-6-13(21-15(19-12)17-10-18-21)20-7-11-4-3-5-16(11,9-20)14(22)24-2/h6,10-11H,3-5,7-9H2,1-2H3. The third kappa shape index (κ3) is 2.16. The van der Waals surface area contributed by atoms with Gasteiger partial charge >= 0.3 is 5.97 Å². The van der Waals surface area contributed by atoms with Crippen LogP contribution >= 0.6 is 0 Å². The number of hydrogen-bond donors (Lipinski definition) is 0. The third-order valence-corrected chi connectivity index (χ3v) is 5.36. The molecule has 24 heavy (non-hydrogen) atoms. The van der Waals surface area contributed by atoms with Crippen LogP contribution in [0.4, 0.5) is 5.82 Å². The van der Waals surface area contributed by atoms with Gasteiger partial charge in [0.25, 0.3) is 5.78 Å². The van der Waals surface area contributed by atoms with Crippen LogP contribution in [-0.4, -0.2) is 52.9 Å². The lowest BCUT2D eigenvalue weighted by atomic mass is 9.81. The van der Waals surface area contributed by atoms with Gasteiger partial charge in [0, 0.05) is 26.3 Å². The van der Waals surface area contributed by atoms with E-state index < -0.39 is 5.41 Å². The Morgan fingerprint density at radius 1 is 1.46 bits per heavy atom. The summed E-state index contributed by atoms with van der Waals surface area (Å²) < 4.78 is 12.1. The van der Waals surface area contributed by atoms with E-state index in [4.69, 9.17) is 9.47 Å². The first-order chi connectivity index (χ1) is 11.7. The molecular weight excluding hydrogens is 310 g/mol. The molecule has 0 spiro atoms. The van der Waals surface area contributed by atoms with E-state index >= 15 is 0 Å². The molecule has 1 saturated carbocycles. The van der Waals surface area contributed by atoms with Gasteiger partial charge in [0.1, 0.15) is 12.1 Å². The van der Waals surface area contributed by atoms with Crippen molar-refractivity contribution >= 4 is 17.6 Å².